The van der Waals surface area contributed by atoms with Crippen molar-refractivity contribution in [3.05, 3.63) is 45.2 Å². The number of piperazine rings is 1. The van der Waals surface area contributed by atoms with Crippen molar-refractivity contribution in [2.24, 2.45) is 0 Å². The summed E-state index contributed by atoms with van der Waals surface area (Å²) in [4.78, 5) is 17.3. The second kappa shape index (κ2) is 5.38. The zero-order valence-electron chi connectivity index (χ0n) is 12.1. The molecule has 2 heterocycles. The molecule has 4 nitrogen and oxygen atoms in total. The Kier molecular flexibility index (Phi) is 3.59. The molecule has 1 aliphatic heterocycles. The van der Waals surface area contributed by atoms with E-state index in [1.165, 1.54) is 10.9 Å². The molecule has 2 N–H and O–H groups in total. The smallest absolute Gasteiger partial charge is 0.248 e. The van der Waals surface area contributed by atoms with E-state index in [0.29, 0.717) is 0 Å². The lowest BCUT2D eigenvalue weighted by Crippen LogP contribution is -2.43. The van der Waals surface area contributed by atoms with Gasteiger partial charge in [0.15, 0.2) is 0 Å². The van der Waals surface area contributed by atoms with Gasteiger partial charge >= 0.3 is 0 Å². The van der Waals surface area contributed by atoms with E-state index in [-0.39, 0.29) is 5.56 Å². The lowest BCUT2D eigenvalue weighted by Gasteiger charge is -2.27. The van der Waals surface area contributed by atoms with E-state index >= 15 is 0 Å². The number of fused-ring (bicyclic) bond motifs is 1. The van der Waals surface area contributed by atoms with Gasteiger partial charge in [-0.25, -0.2) is 0 Å². The summed E-state index contributed by atoms with van der Waals surface area (Å²) >= 11 is 0. The predicted molar refractivity (Wildman–Crippen MR) is 82.2 cm³/mol. The van der Waals surface area contributed by atoms with Crippen LogP contribution in [0, 0.1) is 13.8 Å². The molecule has 3 rings (SSSR count). The first kappa shape index (κ1) is 13.3. The maximum atomic E-state index is 11.9. The van der Waals surface area contributed by atoms with Crippen molar-refractivity contribution >= 4 is 10.9 Å². The largest absolute Gasteiger partial charge is 0.322 e. The zero-order chi connectivity index (χ0) is 14.1. The van der Waals surface area contributed by atoms with Crippen molar-refractivity contribution in [2.45, 2.75) is 20.4 Å². The SMILES string of the molecule is Cc1cc(C)c2[nH]c(=O)cc(CN3CCNCC3)c2c1. The number of nitrogens with zero attached hydrogens (tertiary/aromatic N) is 1. The summed E-state index contributed by atoms with van der Waals surface area (Å²) < 4.78 is 0. The third kappa shape index (κ3) is 2.62. The average Bonchev–Trinajstić information content (AvgIpc) is 2.41. The van der Waals surface area contributed by atoms with E-state index in [0.717, 1.165) is 49.4 Å². The number of aromatic amines is 1. The Morgan fingerprint density at radius 3 is 2.65 bits per heavy atom. The summed E-state index contributed by atoms with van der Waals surface area (Å²) in [7, 11) is 0. The minimum atomic E-state index is -0.00501. The second-order valence-corrected chi connectivity index (χ2v) is 5.69. The quantitative estimate of drug-likeness (QED) is 0.871. The lowest BCUT2D eigenvalue weighted by molar-refractivity contribution is 0.234. The summed E-state index contributed by atoms with van der Waals surface area (Å²) in [5.74, 6) is 0. The topological polar surface area (TPSA) is 48.1 Å². The van der Waals surface area contributed by atoms with E-state index in [1.807, 2.05) is 0 Å². The Labute approximate surface area is 118 Å². The second-order valence-electron chi connectivity index (χ2n) is 5.69. The van der Waals surface area contributed by atoms with Gasteiger partial charge in [0.05, 0.1) is 5.52 Å². The average molecular weight is 271 g/mol. The molecule has 0 atom stereocenters. The van der Waals surface area contributed by atoms with E-state index < -0.39 is 0 Å². The molecule has 106 valence electrons. The molecule has 2 aromatic rings. The Bertz CT molecular complexity index is 684. The van der Waals surface area contributed by atoms with Crippen LogP contribution >= 0.6 is 0 Å². The van der Waals surface area contributed by atoms with Crippen LogP contribution in [0.15, 0.2) is 23.0 Å². The monoisotopic (exact) mass is 271 g/mol. The normalized spacial score (nSPS) is 16.7. The van der Waals surface area contributed by atoms with Gasteiger partial charge in [0.2, 0.25) is 5.56 Å². The summed E-state index contributed by atoms with van der Waals surface area (Å²) in [5.41, 5.74) is 4.49. The van der Waals surface area contributed by atoms with Crippen LogP contribution < -0.4 is 10.9 Å². The number of aromatic nitrogens is 1. The maximum absolute atomic E-state index is 11.9. The molecule has 20 heavy (non-hydrogen) atoms. The van der Waals surface area contributed by atoms with Crippen molar-refractivity contribution in [1.82, 2.24) is 15.2 Å². The Morgan fingerprint density at radius 2 is 1.90 bits per heavy atom. The van der Waals surface area contributed by atoms with E-state index in [1.54, 1.807) is 6.07 Å². The standard InChI is InChI=1S/C16H21N3O/c1-11-7-12(2)16-14(8-11)13(9-15(20)18-16)10-19-5-3-17-4-6-19/h7-9,17H,3-6,10H2,1-2H3,(H,18,20). The maximum Gasteiger partial charge on any atom is 0.248 e. The lowest BCUT2D eigenvalue weighted by atomic mass is 10.0. The highest BCUT2D eigenvalue weighted by molar-refractivity contribution is 5.85. The number of benzene rings is 1. The number of hydrogen-bond acceptors (Lipinski definition) is 3. The van der Waals surface area contributed by atoms with Gasteiger partial charge in [-0.15, -0.1) is 0 Å². The van der Waals surface area contributed by atoms with E-state index in [2.05, 4.69) is 41.2 Å². The fourth-order valence-corrected chi connectivity index (χ4v) is 3.02. The van der Waals surface area contributed by atoms with Gasteiger partial charge in [-0.2, -0.15) is 0 Å². The summed E-state index contributed by atoms with van der Waals surface area (Å²) in [6.07, 6.45) is 0. The number of H-pyrrole nitrogens is 1. The number of aryl methyl sites for hydroxylation is 2. The molecule has 0 radical (unpaired) electrons. The number of rotatable bonds is 2. The minimum Gasteiger partial charge on any atom is -0.322 e. The minimum absolute atomic E-state index is 0.00501. The Hall–Kier alpha value is -1.65. The van der Waals surface area contributed by atoms with Gasteiger partial charge in [0.1, 0.15) is 0 Å². The van der Waals surface area contributed by atoms with Crippen molar-refractivity contribution in [1.29, 1.82) is 0 Å². The van der Waals surface area contributed by atoms with Crippen LogP contribution in [0.25, 0.3) is 10.9 Å². The number of pyridine rings is 1. The molecule has 0 spiro atoms. The van der Waals surface area contributed by atoms with Crippen molar-refractivity contribution in [3.8, 4) is 0 Å². The van der Waals surface area contributed by atoms with Gasteiger partial charge in [0, 0.05) is 44.2 Å². The molecular formula is C16H21N3O. The summed E-state index contributed by atoms with van der Waals surface area (Å²) in [5, 5.41) is 4.54. The molecule has 1 aliphatic rings. The third-order valence-corrected chi connectivity index (χ3v) is 3.98. The molecule has 1 aromatic carbocycles. The molecule has 0 amide bonds. The first-order chi connectivity index (χ1) is 9.63. The summed E-state index contributed by atoms with van der Waals surface area (Å²) in [6, 6.07) is 6.05. The van der Waals surface area contributed by atoms with Gasteiger partial charge in [-0.05, 0) is 31.0 Å². The molecule has 0 aliphatic carbocycles. The highest BCUT2D eigenvalue weighted by Gasteiger charge is 2.13. The van der Waals surface area contributed by atoms with Crippen molar-refractivity contribution in [2.75, 3.05) is 26.2 Å². The molecule has 1 saturated heterocycles. The zero-order valence-corrected chi connectivity index (χ0v) is 12.1. The van der Waals surface area contributed by atoms with E-state index in [4.69, 9.17) is 0 Å². The molecule has 1 aromatic heterocycles. The third-order valence-electron chi connectivity index (χ3n) is 3.98. The Balaban J connectivity index is 2.06. The first-order valence-electron chi connectivity index (χ1n) is 7.20. The van der Waals surface area contributed by atoms with Crippen LogP contribution in [0.1, 0.15) is 16.7 Å². The number of hydrogen-bond donors (Lipinski definition) is 2. The van der Waals surface area contributed by atoms with Crippen LogP contribution in [-0.4, -0.2) is 36.1 Å². The molecular weight excluding hydrogens is 250 g/mol. The molecule has 4 heteroatoms. The molecule has 0 saturated carbocycles. The number of nitrogens with one attached hydrogen (secondary N) is 2. The fraction of sp³-hybridized carbons (Fsp3) is 0.438. The highest BCUT2D eigenvalue weighted by atomic mass is 16.1. The van der Waals surface area contributed by atoms with E-state index in [9.17, 15) is 4.79 Å². The molecule has 0 bridgehead atoms. The first-order valence-corrected chi connectivity index (χ1v) is 7.20. The summed E-state index contributed by atoms with van der Waals surface area (Å²) in [6.45, 7) is 9.15. The molecule has 0 unspecified atom stereocenters. The van der Waals surface area contributed by atoms with Crippen LogP contribution in [0.3, 0.4) is 0 Å². The highest BCUT2D eigenvalue weighted by Crippen LogP contribution is 2.22. The van der Waals surface area contributed by atoms with Crippen LogP contribution in [0.4, 0.5) is 0 Å². The van der Waals surface area contributed by atoms with Crippen molar-refractivity contribution in [3.63, 3.8) is 0 Å². The van der Waals surface area contributed by atoms with Gasteiger partial charge in [-0.1, -0.05) is 11.6 Å². The molecule has 1 fully saturated rings. The van der Waals surface area contributed by atoms with Crippen molar-refractivity contribution < 1.29 is 0 Å². The fourth-order valence-electron chi connectivity index (χ4n) is 3.02. The van der Waals surface area contributed by atoms with Crippen LogP contribution in [-0.2, 0) is 6.54 Å². The predicted octanol–water partition coefficient (Wildman–Crippen LogP) is 1.55. The Morgan fingerprint density at radius 1 is 1.15 bits per heavy atom. The van der Waals surface area contributed by atoms with Crippen LogP contribution in [0.5, 0.6) is 0 Å². The van der Waals surface area contributed by atoms with Crippen LogP contribution in [0.2, 0.25) is 0 Å². The van der Waals surface area contributed by atoms with Gasteiger partial charge < -0.3 is 10.3 Å². The van der Waals surface area contributed by atoms with Gasteiger partial charge in [-0.3, -0.25) is 9.69 Å². The van der Waals surface area contributed by atoms with Gasteiger partial charge in [0.25, 0.3) is 0 Å².